The summed E-state index contributed by atoms with van der Waals surface area (Å²) in [6, 6.07) is 23.1. The first-order chi connectivity index (χ1) is 18.4. The predicted molar refractivity (Wildman–Crippen MR) is 155 cm³/mol. The summed E-state index contributed by atoms with van der Waals surface area (Å²) in [5.74, 6) is 0.328. The molecule has 3 aromatic carbocycles. The molecule has 3 aromatic rings. The van der Waals surface area contributed by atoms with Gasteiger partial charge < -0.3 is 15.0 Å². The van der Waals surface area contributed by atoms with Crippen LogP contribution in [0.3, 0.4) is 0 Å². The van der Waals surface area contributed by atoms with E-state index in [0.717, 1.165) is 52.4 Å². The molecule has 1 fully saturated rings. The monoisotopic (exact) mass is 576 g/mol. The molecule has 38 heavy (non-hydrogen) atoms. The van der Waals surface area contributed by atoms with Crippen LogP contribution in [0, 0.1) is 13.8 Å². The molecule has 1 saturated carbocycles. The SMILES string of the molecule is Cc1cc(OCC(=O)N(Cc2ccccc2)[C@@H](Cc2ccccc2)C(=O)NC2CCCCC2)cc(C)c1Br. The molecule has 1 aliphatic carbocycles. The highest BCUT2D eigenvalue weighted by Gasteiger charge is 2.32. The standard InChI is InChI=1S/C32H37BrN2O3/c1-23-18-28(19-24(2)31(23)33)38-22-30(36)35(21-26-14-8-4-9-15-26)29(20-25-12-6-3-7-13-25)32(37)34-27-16-10-5-11-17-27/h3-4,6-9,12-15,18-19,27,29H,5,10-11,16-17,20-22H2,1-2H3,(H,34,37)/t29-/m0/s1. The Morgan fingerprint density at radius 3 is 2.11 bits per heavy atom. The summed E-state index contributed by atoms with van der Waals surface area (Å²) >= 11 is 3.59. The lowest BCUT2D eigenvalue weighted by molar-refractivity contribution is -0.143. The van der Waals surface area contributed by atoms with Crippen LogP contribution >= 0.6 is 15.9 Å². The molecular weight excluding hydrogens is 540 g/mol. The summed E-state index contributed by atoms with van der Waals surface area (Å²) in [5.41, 5.74) is 4.08. The highest BCUT2D eigenvalue weighted by molar-refractivity contribution is 9.10. The largest absolute Gasteiger partial charge is 0.484 e. The molecule has 6 heteroatoms. The highest BCUT2D eigenvalue weighted by atomic mass is 79.9. The summed E-state index contributed by atoms with van der Waals surface area (Å²) in [4.78, 5) is 29.3. The van der Waals surface area contributed by atoms with Crippen LogP contribution in [-0.4, -0.2) is 35.4 Å². The number of aryl methyl sites for hydroxylation is 2. The third-order valence-electron chi connectivity index (χ3n) is 7.19. The van der Waals surface area contributed by atoms with Gasteiger partial charge >= 0.3 is 0 Å². The minimum absolute atomic E-state index is 0.0969. The lowest BCUT2D eigenvalue weighted by Crippen LogP contribution is -2.53. The average Bonchev–Trinajstić information content (AvgIpc) is 2.94. The summed E-state index contributed by atoms with van der Waals surface area (Å²) in [7, 11) is 0. The van der Waals surface area contributed by atoms with Crippen molar-refractivity contribution in [1.29, 1.82) is 0 Å². The summed E-state index contributed by atoms with van der Waals surface area (Å²) < 4.78 is 7.02. The van der Waals surface area contributed by atoms with Crippen molar-refractivity contribution in [2.75, 3.05) is 6.61 Å². The van der Waals surface area contributed by atoms with Gasteiger partial charge in [0.15, 0.2) is 6.61 Å². The van der Waals surface area contributed by atoms with Crippen LogP contribution in [0.2, 0.25) is 0 Å². The van der Waals surface area contributed by atoms with Gasteiger partial charge in [-0.1, -0.05) is 95.9 Å². The Hall–Kier alpha value is -3.12. The fourth-order valence-corrected chi connectivity index (χ4v) is 5.32. The van der Waals surface area contributed by atoms with Crippen LogP contribution in [-0.2, 0) is 22.6 Å². The normalized spacial score (nSPS) is 14.5. The van der Waals surface area contributed by atoms with Crippen molar-refractivity contribution in [3.63, 3.8) is 0 Å². The van der Waals surface area contributed by atoms with Crippen molar-refractivity contribution in [1.82, 2.24) is 10.2 Å². The Labute approximate surface area is 234 Å². The Morgan fingerprint density at radius 1 is 0.921 bits per heavy atom. The zero-order chi connectivity index (χ0) is 26.9. The fraction of sp³-hybridized carbons (Fsp3) is 0.375. The summed E-state index contributed by atoms with van der Waals surface area (Å²) in [6.07, 6.45) is 5.88. The van der Waals surface area contributed by atoms with Crippen LogP contribution in [0.15, 0.2) is 77.3 Å². The zero-order valence-electron chi connectivity index (χ0n) is 22.3. The van der Waals surface area contributed by atoms with E-state index in [4.69, 9.17) is 4.74 Å². The van der Waals surface area contributed by atoms with Crippen LogP contribution in [0.25, 0.3) is 0 Å². The number of halogens is 1. The number of carbonyl (C=O) groups is 2. The van der Waals surface area contributed by atoms with E-state index in [-0.39, 0.29) is 24.5 Å². The molecule has 0 unspecified atom stereocenters. The number of ether oxygens (including phenoxy) is 1. The summed E-state index contributed by atoms with van der Waals surface area (Å²) in [6.45, 7) is 4.18. The maximum atomic E-state index is 13.8. The topological polar surface area (TPSA) is 58.6 Å². The number of amides is 2. The number of hydrogen-bond donors (Lipinski definition) is 1. The molecule has 0 saturated heterocycles. The minimum atomic E-state index is -0.649. The Balaban J connectivity index is 1.60. The maximum absolute atomic E-state index is 13.8. The third-order valence-corrected chi connectivity index (χ3v) is 8.44. The van der Waals surface area contributed by atoms with E-state index in [1.54, 1.807) is 4.90 Å². The molecule has 1 N–H and O–H groups in total. The number of benzene rings is 3. The molecule has 0 spiro atoms. The second-order valence-corrected chi connectivity index (χ2v) is 11.0. The van der Waals surface area contributed by atoms with Crippen molar-refractivity contribution >= 4 is 27.7 Å². The molecule has 0 radical (unpaired) electrons. The third kappa shape index (κ3) is 7.70. The van der Waals surface area contributed by atoms with Crippen LogP contribution in [0.5, 0.6) is 5.75 Å². The summed E-state index contributed by atoms with van der Waals surface area (Å²) in [5, 5.41) is 3.28. The lowest BCUT2D eigenvalue weighted by atomic mass is 9.94. The molecule has 1 aliphatic rings. The van der Waals surface area contributed by atoms with Gasteiger partial charge in [0.25, 0.3) is 5.91 Å². The zero-order valence-corrected chi connectivity index (χ0v) is 23.9. The maximum Gasteiger partial charge on any atom is 0.261 e. The van der Waals surface area contributed by atoms with Crippen molar-refractivity contribution in [3.8, 4) is 5.75 Å². The lowest BCUT2D eigenvalue weighted by Gasteiger charge is -2.33. The number of nitrogens with zero attached hydrogens (tertiary/aromatic N) is 1. The van der Waals surface area contributed by atoms with Crippen molar-refractivity contribution < 1.29 is 14.3 Å². The molecule has 5 nitrogen and oxygen atoms in total. The van der Waals surface area contributed by atoms with E-state index in [2.05, 4.69) is 21.2 Å². The molecule has 200 valence electrons. The second-order valence-electron chi connectivity index (χ2n) is 10.2. The Kier molecular flexibility index (Phi) is 9.99. The van der Waals surface area contributed by atoms with Gasteiger partial charge in [-0.25, -0.2) is 0 Å². The van der Waals surface area contributed by atoms with Gasteiger partial charge in [-0.15, -0.1) is 0 Å². The molecule has 0 bridgehead atoms. The van der Waals surface area contributed by atoms with E-state index in [1.165, 1.54) is 6.42 Å². The second kappa shape index (κ2) is 13.6. The number of rotatable bonds is 10. The van der Waals surface area contributed by atoms with E-state index in [0.29, 0.717) is 18.7 Å². The number of nitrogens with one attached hydrogen (secondary N) is 1. The molecular formula is C32H37BrN2O3. The quantitative estimate of drug-likeness (QED) is 0.298. The van der Waals surface area contributed by atoms with E-state index in [1.807, 2.05) is 86.6 Å². The predicted octanol–water partition coefficient (Wildman–Crippen LogP) is 6.53. The molecule has 4 rings (SSSR count). The van der Waals surface area contributed by atoms with E-state index >= 15 is 0 Å². The number of hydrogen-bond acceptors (Lipinski definition) is 3. The van der Waals surface area contributed by atoms with Gasteiger partial charge in [0.2, 0.25) is 5.91 Å². The highest BCUT2D eigenvalue weighted by Crippen LogP contribution is 2.26. The number of carbonyl (C=O) groups excluding carboxylic acids is 2. The van der Waals surface area contributed by atoms with Crippen molar-refractivity contribution in [2.24, 2.45) is 0 Å². The van der Waals surface area contributed by atoms with Crippen molar-refractivity contribution in [3.05, 3.63) is 99.5 Å². The smallest absolute Gasteiger partial charge is 0.261 e. The van der Waals surface area contributed by atoms with Crippen molar-refractivity contribution in [2.45, 2.75) is 71.0 Å². The van der Waals surface area contributed by atoms with Gasteiger partial charge in [0, 0.05) is 23.5 Å². The van der Waals surface area contributed by atoms with Gasteiger partial charge in [0.1, 0.15) is 11.8 Å². The molecule has 0 heterocycles. The first-order valence-electron chi connectivity index (χ1n) is 13.5. The van der Waals surface area contributed by atoms with Gasteiger partial charge in [-0.05, 0) is 61.1 Å². The fourth-order valence-electron chi connectivity index (χ4n) is 5.10. The van der Waals surface area contributed by atoms with Gasteiger partial charge in [-0.3, -0.25) is 9.59 Å². The first kappa shape index (κ1) is 27.9. The van der Waals surface area contributed by atoms with Gasteiger partial charge in [0.05, 0.1) is 0 Å². The molecule has 1 atom stereocenters. The Bertz CT molecular complexity index is 1190. The van der Waals surface area contributed by atoms with Gasteiger partial charge in [-0.2, -0.15) is 0 Å². The first-order valence-corrected chi connectivity index (χ1v) is 14.3. The molecule has 2 amide bonds. The van der Waals surface area contributed by atoms with Crippen LogP contribution in [0.4, 0.5) is 0 Å². The average molecular weight is 578 g/mol. The van der Waals surface area contributed by atoms with E-state index in [9.17, 15) is 9.59 Å². The van der Waals surface area contributed by atoms with Crippen LogP contribution < -0.4 is 10.1 Å². The Morgan fingerprint density at radius 2 is 1.50 bits per heavy atom. The molecule has 0 aliphatic heterocycles. The minimum Gasteiger partial charge on any atom is -0.484 e. The van der Waals surface area contributed by atoms with Crippen LogP contribution in [0.1, 0.15) is 54.4 Å². The molecule has 0 aromatic heterocycles. The van der Waals surface area contributed by atoms with E-state index < -0.39 is 6.04 Å².